The molecule has 3 aromatic rings. The van der Waals surface area contributed by atoms with Crippen LogP contribution < -0.4 is 5.56 Å². The molecular formula is C15H9F2NO4. The fraction of sp³-hybridized carbons (Fsp3) is 0.0667. The minimum absolute atomic E-state index is 0.0216. The van der Waals surface area contributed by atoms with E-state index >= 15 is 0 Å². The van der Waals surface area contributed by atoms with Crippen molar-refractivity contribution in [2.45, 2.75) is 6.54 Å². The highest BCUT2D eigenvalue weighted by atomic mass is 19.1. The topological polar surface area (TPSA) is 72.4 Å². The van der Waals surface area contributed by atoms with E-state index in [4.69, 9.17) is 9.52 Å². The molecule has 0 bridgehead atoms. The first-order valence-corrected chi connectivity index (χ1v) is 6.26. The summed E-state index contributed by atoms with van der Waals surface area (Å²) in [6.07, 6.45) is 1.34. The van der Waals surface area contributed by atoms with Crippen LogP contribution in [-0.2, 0) is 6.54 Å². The maximum absolute atomic E-state index is 13.6. The molecule has 0 aliphatic rings. The van der Waals surface area contributed by atoms with Crippen molar-refractivity contribution in [1.29, 1.82) is 0 Å². The molecule has 0 aliphatic carbocycles. The summed E-state index contributed by atoms with van der Waals surface area (Å²) < 4.78 is 33.1. The molecule has 0 fully saturated rings. The molecule has 0 saturated heterocycles. The van der Waals surface area contributed by atoms with E-state index in [-0.39, 0.29) is 28.8 Å². The van der Waals surface area contributed by atoms with Gasteiger partial charge in [0.1, 0.15) is 17.4 Å². The first kappa shape index (κ1) is 14.0. The van der Waals surface area contributed by atoms with E-state index in [1.165, 1.54) is 29.0 Å². The van der Waals surface area contributed by atoms with Gasteiger partial charge < -0.3 is 14.1 Å². The van der Waals surface area contributed by atoms with E-state index in [2.05, 4.69) is 0 Å². The first-order chi connectivity index (χ1) is 10.5. The van der Waals surface area contributed by atoms with Crippen molar-refractivity contribution in [2.75, 3.05) is 0 Å². The van der Waals surface area contributed by atoms with Crippen molar-refractivity contribution < 1.29 is 23.1 Å². The van der Waals surface area contributed by atoms with Gasteiger partial charge in [0.2, 0.25) is 5.76 Å². The summed E-state index contributed by atoms with van der Waals surface area (Å²) in [5, 5.41) is 8.70. The van der Waals surface area contributed by atoms with Crippen molar-refractivity contribution >= 4 is 16.7 Å². The molecule has 3 rings (SSSR count). The molecule has 112 valence electrons. The van der Waals surface area contributed by atoms with E-state index in [1.54, 1.807) is 0 Å². The zero-order chi connectivity index (χ0) is 15.9. The molecule has 22 heavy (non-hydrogen) atoms. The number of furan rings is 1. The van der Waals surface area contributed by atoms with E-state index < -0.39 is 23.2 Å². The smallest absolute Gasteiger partial charge is 0.371 e. The van der Waals surface area contributed by atoms with Gasteiger partial charge in [0.15, 0.2) is 0 Å². The van der Waals surface area contributed by atoms with Crippen molar-refractivity contribution in [3.8, 4) is 0 Å². The van der Waals surface area contributed by atoms with Crippen molar-refractivity contribution in [2.24, 2.45) is 0 Å². The van der Waals surface area contributed by atoms with Crippen LogP contribution >= 0.6 is 0 Å². The van der Waals surface area contributed by atoms with Crippen LogP contribution in [0.5, 0.6) is 0 Å². The molecule has 2 heterocycles. The number of nitrogens with zero attached hydrogens (tertiary/aromatic N) is 1. The number of hydrogen-bond acceptors (Lipinski definition) is 3. The van der Waals surface area contributed by atoms with Gasteiger partial charge in [-0.3, -0.25) is 4.79 Å². The lowest BCUT2D eigenvalue weighted by Crippen LogP contribution is -2.20. The normalized spacial score (nSPS) is 11.0. The number of benzene rings is 1. The Morgan fingerprint density at radius 3 is 2.64 bits per heavy atom. The van der Waals surface area contributed by atoms with Crippen LogP contribution in [0.4, 0.5) is 8.78 Å². The Hall–Kier alpha value is -2.96. The van der Waals surface area contributed by atoms with Gasteiger partial charge in [0.25, 0.3) is 5.56 Å². The molecule has 0 radical (unpaired) electrons. The van der Waals surface area contributed by atoms with Gasteiger partial charge in [-0.15, -0.1) is 0 Å². The van der Waals surface area contributed by atoms with Crippen LogP contribution in [0.1, 0.15) is 16.3 Å². The van der Waals surface area contributed by atoms with Gasteiger partial charge in [0, 0.05) is 17.6 Å². The number of pyridine rings is 1. The van der Waals surface area contributed by atoms with Crippen molar-refractivity contribution in [3.05, 3.63) is 70.0 Å². The molecule has 0 unspecified atom stereocenters. The molecule has 0 aliphatic heterocycles. The maximum atomic E-state index is 13.6. The number of fused-ring (bicyclic) bond motifs is 1. The molecular weight excluding hydrogens is 296 g/mol. The van der Waals surface area contributed by atoms with Gasteiger partial charge in [-0.05, 0) is 24.3 Å². The van der Waals surface area contributed by atoms with Crippen LogP contribution in [0, 0.1) is 11.6 Å². The Labute approximate surface area is 122 Å². The van der Waals surface area contributed by atoms with Crippen molar-refractivity contribution in [1.82, 2.24) is 4.57 Å². The van der Waals surface area contributed by atoms with Gasteiger partial charge in [-0.2, -0.15) is 0 Å². The van der Waals surface area contributed by atoms with E-state index in [0.717, 1.165) is 6.07 Å². The highest BCUT2D eigenvalue weighted by molar-refractivity contribution is 5.84. The number of carbonyl (C=O) groups is 1. The Balaban J connectivity index is 2.06. The largest absolute Gasteiger partial charge is 0.475 e. The summed E-state index contributed by atoms with van der Waals surface area (Å²) >= 11 is 0. The molecule has 0 saturated carbocycles. The lowest BCUT2D eigenvalue weighted by atomic mass is 10.1. The average Bonchev–Trinajstić information content (AvgIpc) is 2.91. The molecule has 1 N–H and O–H groups in total. The minimum atomic E-state index is -1.22. The lowest BCUT2D eigenvalue weighted by Gasteiger charge is -2.06. The van der Waals surface area contributed by atoms with Crippen LogP contribution in [-0.4, -0.2) is 15.6 Å². The standard InChI is InChI=1S/C15H9F2NO4/c16-8-5-11-10(12(17)6-8)3-4-18(14(11)19)7-9-1-2-13(22-9)15(20)21/h1-6H,7H2,(H,20,21). The van der Waals surface area contributed by atoms with Gasteiger partial charge in [0.05, 0.1) is 11.9 Å². The summed E-state index contributed by atoms with van der Waals surface area (Å²) in [6.45, 7) is -0.0415. The highest BCUT2D eigenvalue weighted by Gasteiger charge is 2.12. The molecule has 0 spiro atoms. The number of carboxylic acids is 1. The Bertz CT molecular complexity index is 942. The minimum Gasteiger partial charge on any atom is -0.475 e. The summed E-state index contributed by atoms with van der Waals surface area (Å²) in [6, 6.07) is 5.71. The van der Waals surface area contributed by atoms with Crippen LogP contribution in [0.25, 0.3) is 10.8 Å². The third kappa shape index (κ3) is 2.37. The van der Waals surface area contributed by atoms with Crippen LogP contribution in [0.3, 0.4) is 0 Å². The molecule has 0 amide bonds. The number of aromatic carboxylic acids is 1. The third-order valence-corrected chi connectivity index (χ3v) is 3.21. The number of carboxylic acid groups (broad SMARTS) is 1. The predicted molar refractivity (Wildman–Crippen MR) is 72.9 cm³/mol. The molecule has 5 nitrogen and oxygen atoms in total. The fourth-order valence-electron chi connectivity index (χ4n) is 2.19. The van der Waals surface area contributed by atoms with Crippen LogP contribution in [0.15, 0.2) is 45.7 Å². The zero-order valence-corrected chi connectivity index (χ0v) is 11.0. The van der Waals surface area contributed by atoms with Crippen LogP contribution in [0.2, 0.25) is 0 Å². The monoisotopic (exact) mass is 305 g/mol. The molecule has 2 aromatic heterocycles. The summed E-state index contributed by atoms with van der Waals surface area (Å²) in [5.41, 5.74) is -0.593. The average molecular weight is 305 g/mol. The SMILES string of the molecule is O=C(O)c1ccc(Cn2ccc3c(F)cc(F)cc3c2=O)o1. The second-order valence-electron chi connectivity index (χ2n) is 4.67. The quantitative estimate of drug-likeness (QED) is 0.807. The predicted octanol–water partition coefficient (Wildman–Crippen LogP) is 2.62. The summed E-state index contributed by atoms with van der Waals surface area (Å²) in [7, 11) is 0. The van der Waals surface area contributed by atoms with E-state index in [0.29, 0.717) is 6.07 Å². The number of halogens is 2. The second kappa shape index (κ2) is 5.10. The molecule has 1 aromatic carbocycles. The first-order valence-electron chi connectivity index (χ1n) is 6.26. The Morgan fingerprint density at radius 1 is 1.18 bits per heavy atom. The highest BCUT2D eigenvalue weighted by Crippen LogP contribution is 2.17. The Kier molecular flexibility index (Phi) is 3.25. The maximum Gasteiger partial charge on any atom is 0.371 e. The number of rotatable bonds is 3. The van der Waals surface area contributed by atoms with E-state index in [9.17, 15) is 18.4 Å². The molecule has 7 heteroatoms. The fourth-order valence-corrected chi connectivity index (χ4v) is 2.19. The lowest BCUT2D eigenvalue weighted by molar-refractivity contribution is 0.0660. The second-order valence-corrected chi connectivity index (χ2v) is 4.67. The van der Waals surface area contributed by atoms with E-state index in [1.807, 2.05) is 0 Å². The summed E-state index contributed by atoms with van der Waals surface area (Å²) in [5.74, 6) is -2.88. The van der Waals surface area contributed by atoms with Gasteiger partial charge >= 0.3 is 5.97 Å². The number of aromatic nitrogens is 1. The third-order valence-electron chi connectivity index (χ3n) is 3.21. The van der Waals surface area contributed by atoms with Gasteiger partial charge in [-0.1, -0.05) is 0 Å². The van der Waals surface area contributed by atoms with Gasteiger partial charge in [-0.25, -0.2) is 13.6 Å². The molecule has 0 atom stereocenters. The zero-order valence-electron chi connectivity index (χ0n) is 11.0. The number of hydrogen-bond donors (Lipinski definition) is 1. The summed E-state index contributed by atoms with van der Waals surface area (Å²) in [4.78, 5) is 23.0. The van der Waals surface area contributed by atoms with Crippen molar-refractivity contribution in [3.63, 3.8) is 0 Å². The Morgan fingerprint density at radius 2 is 1.95 bits per heavy atom.